The largest absolute Gasteiger partial charge is 0.425 e. The first-order valence-electron chi connectivity index (χ1n) is 7.28. The number of nitrogens with zero attached hydrogens (tertiary/aromatic N) is 3. The van der Waals surface area contributed by atoms with E-state index in [0.29, 0.717) is 28.6 Å². The average Bonchev–Trinajstić information content (AvgIpc) is 3.09. The molecule has 3 aromatic rings. The molecule has 0 aliphatic heterocycles. The Morgan fingerprint density at radius 1 is 1.28 bits per heavy atom. The topological polar surface area (TPSA) is 64.8 Å². The Morgan fingerprint density at radius 2 is 1.96 bits per heavy atom. The standard InChI is InChI=1S/C15H14F3N3O2S2/c1-4-25(22,23)10-6-11(15(16,17)18)24-12(10)14-20-9-5-8(2)7-19-13(9)21(14)3/h5-7H,4H2,1-3H3. The lowest BCUT2D eigenvalue weighted by molar-refractivity contribution is -0.134. The predicted molar refractivity (Wildman–Crippen MR) is 89.3 cm³/mol. The van der Waals surface area contributed by atoms with Crippen molar-refractivity contribution in [1.29, 1.82) is 0 Å². The van der Waals surface area contributed by atoms with Gasteiger partial charge in [-0.2, -0.15) is 13.2 Å². The molecule has 134 valence electrons. The molecular weight excluding hydrogens is 375 g/mol. The molecule has 5 nitrogen and oxygen atoms in total. The third-order valence-corrected chi connectivity index (χ3v) is 6.80. The number of hydrogen-bond acceptors (Lipinski definition) is 5. The van der Waals surface area contributed by atoms with Crippen molar-refractivity contribution in [3.63, 3.8) is 0 Å². The van der Waals surface area contributed by atoms with Gasteiger partial charge in [-0.1, -0.05) is 6.92 Å². The van der Waals surface area contributed by atoms with E-state index < -0.39 is 20.9 Å². The highest BCUT2D eigenvalue weighted by Gasteiger charge is 2.37. The quantitative estimate of drug-likeness (QED) is 0.683. The lowest BCUT2D eigenvalue weighted by atomic mass is 10.3. The summed E-state index contributed by atoms with van der Waals surface area (Å²) in [5, 5.41) is 0. The van der Waals surface area contributed by atoms with Crippen molar-refractivity contribution in [3.05, 3.63) is 28.8 Å². The van der Waals surface area contributed by atoms with Gasteiger partial charge in [-0.3, -0.25) is 0 Å². The first-order chi connectivity index (χ1) is 11.5. The van der Waals surface area contributed by atoms with Crippen molar-refractivity contribution in [2.45, 2.75) is 24.9 Å². The number of halogens is 3. The molecule has 0 aromatic carbocycles. The molecule has 0 spiro atoms. The van der Waals surface area contributed by atoms with Crippen LogP contribution < -0.4 is 0 Å². The number of imidazole rings is 1. The first kappa shape index (κ1) is 17.9. The molecule has 3 rings (SSSR count). The van der Waals surface area contributed by atoms with Crippen LogP contribution in [0.25, 0.3) is 21.9 Å². The van der Waals surface area contributed by atoms with Crippen molar-refractivity contribution in [3.8, 4) is 10.7 Å². The van der Waals surface area contributed by atoms with Crippen molar-refractivity contribution in [1.82, 2.24) is 14.5 Å². The van der Waals surface area contributed by atoms with Gasteiger partial charge in [0.05, 0.1) is 15.5 Å². The third-order valence-electron chi connectivity index (χ3n) is 3.74. The zero-order chi connectivity index (χ0) is 18.6. The van der Waals surface area contributed by atoms with Gasteiger partial charge in [0.25, 0.3) is 0 Å². The van der Waals surface area contributed by atoms with Gasteiger partial charge in [-0.15, -0.1) is 11.3 Å². The first-order valence-corrected chi connectivity index (χ1v) is 9.74. The van der Waals surface area contributed by atoms with E-state index >= 15 is 0 Å². The number of aromatic nitrogens is 3. The number of aryl methyl sites for hydroxylation is 2. The second-order valence-corrected chi connectivity index (χ2v) is 8.85. The van der Waals surface area contributed by atoms with Gasteiger partial charge in [-0.25, -0.2) is 18.4 Å². The van der Waals surface area contributed by atoms with Crippen LogP contribution in [0.5, 0.6) is 0 Å². The van der Waals surface area contributed by atoms with E-state index in [-0.39, 0.29) is 21.3 Å². The molecule has 3 heterocycles. The third kappa shape index (κ3) is 3.04. The molecule has 0 radical (unpaired) electrons. The Balaban J connectivity index is 2.33. The SMILES string of the molecule is CCS(=O)(=O)c1cc(C(F)(F)F)sc1-c1nc2cc(C)cnc2n1C. The van der Waals surface area contributed by atoms with Crippen LogP contribution in [0.1, 0.15) is 17.4 Å². The maximum Gasteiger partial charge on any atom is 0.425 e. The number of rotatable bonds is 3. The van der Waals surface area contributed by atoms with Crippen LogP contribution in [0, 0.1) is 6.92 Å². The van der Waals surface area contributed by atoms with E-state index in [0.717, 1.165) is 5.56 Å². The summed E-state index contributed by atoms with van der Waals surface area (Å²) in [5.74, 6) is -0.143. The molecule has 0 aliphatic rings. The minimum Gasteiger partial charge on any atom is -0.311 e. The summed E-state index contributed by atoms with van der Waals surface area (Å²) < 4.78 is 65.5. The molecule has 0 N–H and O–H groups in total. The Hall–Kier alpha value is -1.94. The molecule has 0 saturated carbocycles. The van der Waals surface area contributed by atoms with Gasteiger partial charge in [0.2, 0.25) is 0 Å². The van der Waals surface area contributed by atoms with Crippen LogP contribution in [0.15, 0.2) is 23.2 Å². The molecular formula is C15H14F3N3O2S2. The zero-order valence-electron chi connectivity index (χ0n) is 13.5. The molecule has 0 unspecified atom stereocenters. The molecule has 3 aromatic heterocycles. The molecule has 0 saturated heterocycles. The Labute approximate surface area is 146 Å². The number of sulfone groups is 1. The van der Waals surface area contributed by atoms with Gasteiger partial charge < -0.3 is 4.57 Å². The average molecular weight is 389 g/mol. The minimum atomic E-state index is -4.62. The highest BCUT2D eigenvalue weighted by molar-refractivity contribution is 7.91. The van der Waals surface area contributed by atoms with E-state index in [1.165, 1.54) is 11.5 Å². The van der Waals surface area contributed by atoms with Gasteiger partial charge in [-0.05, 0) is 24.6 Å². The number of thiophene rings is 1. The van der Waals surface area contributed by atoms with Crippen molar-refractivity contribution >= 4 is 32.3 Å². The fourth-order valence-electron chi connectivity index (χ4n) is 2.44. The molecule has 0 amide bonds. The lowest BCUT2D eigenvalue weighted by Crippen LogP contribution is -2.05. The van der Waals surface area contributed by atoms with Gasteiger partial charge >= 0.3 is 6.18 Å². The van der Waals surface area contributed by atoms with Crippen LogP contribution in [0.2, 0.25) is 0 Å². The number of alkyl halides is 3. The second kappa shape index (κ2) is 5.80. The van der Waals surface area contributed by atoms with E-state index in [1.807, 2.05) is 6.92 Å². The van der Waals surface area contributed by atoms with Gasteiger partial charge in [0.15, 0.2) is 21.3 Å². The molecule has 10 heteroatoms. The van der Waals surface area contributed by atoms with E-state index in [4.69, 9.17) is 0 Å². The molecule has 0 bridgehead atoms. The molecule has 0 atom stereocenters. The smallest absolute Gasteiger partial charge is 0.311 e. The Morgan fingerprint density at radius 3 is 2.56 bits per heavy atom. The summed E-state index contributed by atoms with van der Waals surface area (Å²) in [6.45, 7) is 3.21. The van der Waals surface area contributed by atoms with Crippen molar-refractivity contribution in [2.24, 2.45) is 7.05 Å². The van der Waals surface area contributed by atoms with Gasteiger partial charge in [0, 0.05) is 13.2 Å². The summed E-state index contributed by atoms with van der Waals surface area (Å²) in [7, 11) is -2.24. The van der Waals surface area contributed by atoms with Crippen LogP contribution in [0.3, 0.4) is 0 Å². The van der Waals surface area contributed by atoms with Crippen molar-refractivity contribution in [2.75, 3.05) is 5.75 Å². The highest BCUT2D eigenvalue weighted by Crippen LogP contribution is 2.43. The van der Waals surface area contributed by atoms with E-state index in [9.17, 15) is 21.6 Å². The Kier molecular flexibility index (Phi) is 4.15. The fourth-order valence-corrected chi connectivity index (χ4v) is 4.94. The van der Waals surface area contributed by atoms with Crippen LogP contribution in [0.4, 0.5) is 13.2 Å². The Bertz CT molecular complexity index is 1070. The van der Waals surface area contributed by atoms with Crippen molar-refractivity contribution < 1.29 is 21.6 Å². The predicted octanol–water partition coefficient (Wildman–Crippen LogP) is 3.82. The van der Waals surface area contributed by atoms with Crippen LogP contribution in [-0.4, -0.2) is 28.7 Å². The number of fused-ring (bicyclic) bond motifs is 1. The minimum absolute atomic E-state index is 0.0210. The fraction of sp³-hybridized carbons (Fsp3) is 0.333. The van der Waals surface area contributed by atoms with Gasteiger partial charge in [0.1, 0.15) is 10.4 Å². The second-order valence-electron chi connectivity index (χ2n) is 5.56. The summed E-state index contributed by atoms with van der Waals surface area (Å²) in [6, 6.07) is 2.44. The molecule has 25 heavy (non-hydrogen) atoms. The number of hydrogen-bond donors (Lipinski definition) is 0. The highest BCUT2D eigenvalue weighted by atomic mass is 32.2. The summed E-state index contributed by atoms with van der Waals surface area (Å²) in [4.78, 5) is 7.22. The summed E-state index contributed by atoms with van der Waals surface area (Å²) in [6.07, 6.45) is -3.01. The van der Waals surface area contributed by atoms with E-state index in [2.05, 4.69) is 9.97 Å². The maximum atomic E-state index is 13.1. The van der Waals surface area contributed by atoms with Crippen LogP contribution in [-0.2, 0) is 23.1 Å². The number of pyridine rings is 1. The summed E-state index contributed by atoms with van der Waals surface area (Å²) >= 11 is 0.380. The van der Waals surface area contributed by atoms with E-state index in [1.54, 1.807) is 19.3 Å². The molecule has 0 aliphatic carbocycles. The summed E-state index contributed by atoms with van der Waals surface area (Å²) in [5.41, 5.74) is 1.82. The lowest BCUT2D eigenvalue weighted by Gasteiger charge is -2.04. The molecule has 0 fully saturated rings. The van der Waals surface area contributed by atoms with Crippen LogP contribution >= 0.6 is 11.3 Å². The zero-order valence-corrected chi connectivity index (χ0v) is 15.2. The monoisotopic (exact) mass is 389 g/mol. The normalized spacial score (nSPS) is 12.9. The maximum absolute atomic E-state index is 13.1.